The number of benzene rings is 1. The first-order valence-electron chi connectivity index (χ1n) is 6.93. The van der Waals surface area contributed by atoms with Crippen molar-refractivity contribution in [3.63, 3.8) is 0 Å². The Morgan fingerprint density at radius 3 is 2.57 bits per heavy atom. The van der Waals surface area contributed by atoms with Crippen LogP contribution in [0.25, 0.3) is 0 Å². The molecular formula is C16H20F4N2O. The molecule has 1 N–H and O–H groups in total. The molecule has 1 rings (SSSR count). The highest BCUT2D eigenvalue weighted by molar-refractivity contribution is 5.33. The van der Waals surface area contributed by atoms with Gasteiger partial charge in [0.05, 0.1) is 7.11 Å². The molecule has 1 unspecified atom stereocenters. The highest BCUT2D eigenvalue weighted by atomic mass is 19.4. The highest BCUT2D eigenvalue weighted by Crippen LogP contribution is 2.33. The average Bonchev–Trinajstić information content (AvgIpc) is 2.50. The summed E-state index contributed by atoms with van der Waals surface area (Å²) in [5, 5.41) is 2.32. The van der Waals surface area contributed by atoms with Gasteiger partial charge >= 0.3 is 6.18 Å². The number of rotatable bonds is 8. The Kier molecular flexibility index (Phi) is 6.93. The lowest BCUT2D eigenvalue weighted by molar-refractivity contribution is -0.123. The number of hydrogen-bond donors (Lipinski definition) is 1. The van der Waals surface area contributed by atoms with Gasteiger partial charge in [-0.3, -0.25) is 0 Å². The maximum absolute atomic E-state index is 14.3. The normalized spacial score (nSPS) is 13.4. The highest BCUT2D eigenvalue weighted by Gasteiger charge is 2.40. The minimum absolute atomic E-state index is 0.230. The molecule has 0 spiro atoms. The maximum atomic E-state index is 14.3. The van der Waals surface area contributed by atoms with Crippen molar-refractivity contribution in [2.75, 3.05) is 14.2 Å². The molecule has 128 valence electrons. The lowest BCUT2D eigenvalue weighted by atomic mass is 10.1. The van der Waals surface area contributed by atoms with Crippen LogP contribution in [0.3, 0.4) is 0 Å². The average molecular weight is 332 g/mol. The van der Waals surface area contributed by atoms with Gasteiger partial charge in [-0.1, -0.05) is 24.3 Å². The molecule has 0 amide bonds. The zero-order chi connectivity index (χ0) is 17.5. The standard InChI is InChI=1S/C16H20F4N2O/c1-4-7-15(17)22(14(10-21-2)16(18,19)20)11-12-8-5-6-9-13(12)23-3/h4-6,8-10,15,21H,1,7,11H2,2-3H3/b14-10-. The Bertz CT molecular complexity index is 543. The zero-order valence-electron chi connectivity index (χ0n) is 13.0. The van der Waals surface area contributed by atoms with E-state index < -0.39 is 18.2 Å². The first-order chi connectivity index (χ1) is 10.8. The molecule has 0 aliphatic carbocycles. The molecule has 0 radical (unpaired) electrons. The summed E-state index contributed by atoms with van der Waals surface area (Å²) in [5.41, 5.74) is -0.645. The summed E-state index contributed by atoms with van der Waals surface area (Å²) in [6, 6.07) is 6.56. The van der Waals surface area contributed by atoms with Crippen LogP contribution >= 0.6 is 0 Å². The molecule has 1 atom stereocenters. The smallest absolute Gasteiger partial charge is 0.432 e. The van der Waals surface area contributed by atoms with Crippen molar-refractivity contribution in [3.05, 3.63) is 54.4 Å². The van der Waals surface area contributed by atoms with Gasteiger partial charge < -0.3 is 15.0 Å². The third kappa shape index (κ3) is 5.19. The monoisotopic (exact) mass is 332 g/mol. The van der Waals surface area contributed by atoms with E-state index in [4.69, 9.17) is 4.74 Å². The van der Waals surface area contributed by atoms with Gasteiger partial charge in [0.15, 0.2) is 6.30 Å². The fourth-order valence-electron chi connectivity index (χ4n) is 2.08. The van der Waals surface area contributed by atoms with Crippen molar-refractivity contribution in [1.29, 1.82) is 0 Å². The van der Waals surface area contributed by atoms with E-state index in [1.807, 2.05) is 0 Å². The second-order valence-electron chi connectivity index (χ2n) is 4.71. The first-order valence-corrected chi connectivity index (χ1v) is 6.93. The Balaban J connectivity index is 3.24. The molecule has 0 aliphatic heterocycles. The Labute approximate surface area is 133 Å². The number of para-hydroxylation sites is 1. The number of methoxy groups -OCH3 is 1. The van der Waals surface area contributed by atoms with Gasteiger partial charge in [-0.25, -0.2) is 4.39 Å². The molecule has 0 bridgehead atoms. The molecule has 3 nitrogen and oxygen atoms in total. The third-order valence-electron chi connectivity index (χ3n) is 3.11. The van der Waals surface area contributed by atoms with Crippen LogP contribution in [0.1, 0.15) is 12.0 Å². The largest absolute Gasteiger partial charge is 0.496 e. The van der Waals surface area contributed by atoms with E-state index >= 15 is 0 Å². The van der Waals surface area contributed by atoms with Crippen LogP contribution in [0.5, 0.6) is 5.75 Å². The maximum Gasteiger partial charge on any atom is 0.432 e. The van der Waals surface area contributed by atoms with Crippen molar-refractivity contribution in [3.8, 4) is 5.75 Å². The predicted octanol–water partition coefficient (Wildman–Crippen LogP) is 3.99. The van der Waals surface area contributed by atoms with Gasteiger partial charge in [0, 0.05) is 31.8 Å². The van der Waals surface area contributed by atoms with Crippen LogP contribution in [-0.2, 0) is 6.54 Å². The van der Waals surface area contributed by atoms with Crippen molar-refractivity contribution in [1.82, 2.24) is 10.2 Å². The van der Waals surface area contributed by atoms with E-state index in [1.54, 1.807) is 24.3 Å². The number of nitrogens with one attached hydrogen (secondary N) is 1. The van der Waals surface area contributed by atoms with E-state index in [2.05, 4.69) is 11.9 Å². The SMILES string of the molecule is C=CCC(F)N(Cc1ccccc1OC)/C(=C\NC)C(F)(F)F. The summed E-state index contributed by atoms with van der Waals surface area (Å²) in [4.78, 5) is 0.649. The Morgan fingerprint density at radius 1 is 1.39 bits per heavy atom. The van der Waals surface area contributed by atoms with Crippen LogP contribution in [0.2, 0.25) is 0 Å². The van der Waals surface area contributed by atoms with Gasteiger partial charge in [-0.15, -0.1) is 6.58 Å². The van der Waals surface area contributed by atoms with Gasteiger partial charge in [-0.2, -0.15) is 13.2 Å². The molecule has 0 aliphatic rings. The van der Waals surface area contributed by atoms with Crippen molar-refractivity contribution < 1.29 is 22.3 Å². The summed E-state index contributed by atoms with van der Waals surface area (Å²) in [6.45, 7) is 3.10. The van der Waals surface area contributed by atoms with E-state index in [0.29, 0.717) is 16.2 Å². The molecule has 0 aromatic heterocycles. The number of ether oxygens (including phenoxy) is 1. The molecule has 0 saturated heterocycles. The number of hydrogen-bond acceptors (Lipinski definition) is 3. The van der Waals surface area contributed by atoms with Crippen LogP contribution < -0.4 is 10.1 Å². The Morgan fingerprint density at radius 2 is 2.04 bits per heavy atom. The summed E-state index contributed by atoms with van der Waals surface area (Å²) < 4.78 is 59.3. The van der Waals surface area contributed by atoms with Gasteiger partial charge in [-0.05, 0) is 6.07 Å². The van der Waals surface area contributed by atoms with Gasteiger partial charge in [0.25, 0.3) is 0 Å². The molecule has 7 heteroatoms. The van der Waals surface area contributed by atoms with Gasteiger partial charge in [0.2, 0.25) is 0 Å². The minimum atomic E-state index is -4.70. The second kappa shape index (κ2) is 8.45. The zero-order valence-corrected chi connectivity index (χ0v) is 13.0. The molecule has 1 aromatic carbocycles. The predicted molar refractivity (Wildman–Crippen MR) is 81.4 cm³/mol. The molecule has 0 saturated carbocycles. The molecule has 0 fully saturated rings. The number of nitrogens with zero attached hydrogens (tertiary/aromatic N) is 1. The summed E-state index contributed by atoms with van der Waals surface area (Å²) in [5.74, 6) is 0.397. The van der Waals surface area contributed by atoms with Crippen LogP contribution in [-0.4, -0.2) is 31.5 Å². The van der Waals surface area contributed by atoms with E-state index in [-0.39, 0.29) is 13.0 Å². The van der Waals surface area contributed by atoms with Crippen LogP contribution in [0, 0.1) is 0 Å². The van der Waals surface area contributed by atoms with E-state index in [0.717, 1.165) is 6.20 Å². The summed E-state index contributed by atoms with van der Waals surface area (Å²) in [6.07, 6.45) is -4.81. The quantitative estimate of drug-likeness (QED) is 0.442. The van der Waals surface area contributed by atoms with Crippen molar-refractivity contribution in [2.24, 2.45) is 0 Å². The van der Waals surface area contributed by atoms with Crippen LogP contribution in [0.15, 0.2) is 48.8 Å². The second-order valence-corrected chi connectivity index (χ2v) is 4.71. The minimum Gasteiger partial charge on any atom is -0.496 e. The molecule has 1 aromatic rings. The van der Waals surface area contributed by atoms with E-state index in [9.17, 15) is 17.6 Å². The molecular weight excluding hydrogens is 312 g/mol. The van der Waals surface area contributed by atoms with Crippen molar-refractivity contribution >= 4 is 0 Å². The van der Waals surface area contributed by atoms with Crippen LogP contribution in [0.4, 0.5) is 17.6 Å². The summed E-state index contributed by atoms with van der Waals surface area (Å²) >= 11 is 0. The summed E-state index contributed by atoms with van der Waals surface area (Å²) in [7, 11) is 2.74. The number of halogens is 4. The topological polar surface area (TPSA) is 24.5 Å². The lowest BCUT2D eigenvalue weighted by Crippen LogP contribution is -2.38. The first kappa shape index (κ1) is 18.9. The Hall–Kier alpha value is -2.18. The fourth-order valence-corrected chi connectivity index (χ4v) is 2.08. The van der Waals surface area contributed by atoms with Crippen molar-refractivity contribution in [2.45, 2.75) is 25.4 Å². The number of allylic oxidation sites excluding steroid dienone is 1. The fraction of sp³-hybridized carbons (Fsp3) is 0.375. The molecule has 23 heavy (non-hydrogen) atoms. The number of alkyl halides is 4. The third-order valence-corrected chi connectivity index (χ3v) is 3.11. The molecule has 0 heterocycles. The van der Waals surface area contributed by atoms with E-state index in [1.165, 1.54) is 20.2 Å². The lowest BCUT2D eigenvalue weighted by Gasteiger charge is -2.31. The van der Waals surface area contributed by atoms with Gasteiger partial charge in [0.1, 0.15) is 11.4 Å².